The van der Waals surface area contributed by atoms with Gasteiger partial charge in [0, 0.05) is 11.4 Å². The molecule has 100 valence electrons. The molecule has 1 saturated carbocycles. The van der Waals surface area contributed by atoms with Crippen LogP contribution in [0.5, 0.6) is 0 Å². The number of rotatable bonds is 4. The molecule has 0 aromatic carbocycles. The highest BCUT2D eigenvalue weighted by atomic mass is 32.1. The van der Waals surface area contributed by atoms with Crippen molar-refractivity contribution in [2.24, 2.45) is 17.6 Å². The van der Waals surface area contributed by atoms with Crippen LogP contribution < -0.4 is 11.1 Å². The van der Waals surface area contributed by atoms with E-state index in [1.165, 1.54) is 11.3 Å². The Bertz CT molecular complexity index is 392. The summed E-state index contributed by atoms with van der Waals surface area (Å²) in [6.45, 7) is 5.15. The van der Waals surface area contributed by atoms with E-state index in [0.717, 1.165) is 19.4 Å². The number of hydrogen-bond acceptors (Lipinski definition) is 3. The summed E-state index contributed by atoms with van der Waals surface area (Å²) >= 11 is 1.71. The van der Waals surface area contributed by atoms with Gasteiger partial charge in [-0.1, -0.05) is 19.9 Å². The summed E-state index contributed by atoms with van der Waals surface area (Å²) in [5.74, 6) is 0.909. The van der Waals surface area contributed by atoms with E-state index < -0.39 is 5.54 Å². The second kappa shape index (κ2) is 5.41. The number of nitrogens with two attached hydrogens (primary N) is 1. The Balaban J connectivity index is 2.08. The molecule has 1 aliphatic rings. The molecule has 4 heteroatoms. The van der Waals surface area contributed by atoms with Crippen LogP contribution in [-0.2, 0) is 11.3 Å². The van der Waals surface area contributed by atoms with Gasteiger partial charge in [-0.05, 0) is 42.5 Å². The topological polar surface area (TPSA) is 55.1 Å². The predicted octanol–water partition coefficient (Wildman–Crippen LogP) is 2.52. The summed E-state index contributed by atoms with van der Waals surface area (Å²) in [4.78, 5) is 13.1. The summed E-state index contributed by atoms with van der Waals surface area (Å²) in [6, 6.07) is 4.12. The number of thiophene rings is 1. The highest BCUT2D eigenvalue weighted by Crippen LogP contribution is 2.36. The van der Waals surface area contributed by atoms with Gasteiger partial charge in [0.2, 0.25) is 5.91 Å². The van der Waals surface area contributed by atoms with E-state index in [4.69, 9.17) is 5.73 Å². The van der Waals surface area contributed by atoms with Gasteiger partial charge in [-0.25, -0.2) is 0 Å². The Morgan fingerprint density at radius 1 is 1.50 bits per heavy atom. The molecule has 0 saturated heterocycles. The molecule has 1 aromatic rings. The van der Waals surface area contributed by atoms with Crippen molar-refractivity contribution < 1.29 is 4.79 Å². The molecule has 18 heavy (non-hydrogen) atoms. The second-order valence-electron chi connectivity index (χ2n) is 5.73. The summed E-state index contributed by atoms with van der Waals surface area (Å²) in [5, 5.41) is 5.49. The number of nitrogens with one attached hydrogen (secondary N) is 1. The Morgan fingerprint density at radius 2 is 2.17 bits per heavy atom. The lowest BCUT2D eigenvalue weighted by molar-refractivity contribution is -0.127. The number of carbonyl (C=O) groups excluding carboxylic acids is 1. The fourth-order valence-electron chi connectivity index (χ4n) is 3.23. The zero-order valence-electron chi connectivity index (χ0n) is 11.1. The van der Waals surface area contributed by atoms with Crippen molar-refractivity contribution in [3.63, 3.8) is 0 Å². The molecule has 0 bridgehead atoms. The first-order chi connectivity index (χ1) is 8.52. The van der Waals surface area contributed by atoms with Crippen molar-refractivity contribution in [2.45, 2.75) is 45.2 Å². The van der Waals surface area contributed by atoms with Gasteiger partial charge < -0.3 is 5.73 Å². The standard InChI is InChI=1S/C14H22N2OS/c1-10-6-11(2)8-14(7-10,13(15)17)16-9-12-4-3-5-18-12/h3-5,10-11,16H,6-9H2,1-2H3,(H2,15,17). The third-order valence-corrected chi connectivity index (χ3v) is 4.73. The Morgan fingerprint density at radius 3 is 2.67 bits per heavy atom. The minimum atomic E-state index is -0.513. The van der Waals surface area contributed by atoms with Crippen LogP contribution in [0.15, 0.2) is 17.5 Å². The van der Waals surface area contributed by atoms with Crippen LogP contribution in [0.25, 0.3) is 0 Å². The van der Waals surface area contributed by atoms with E-state index in [0.29, 0.717) is 11.8 Å². The molecular formula is C14H22N2OS. The molecule has 1 fully saturated rings. The lowest BCUT2D eigenvalue weighted by Crippen LogP contribution is -2.58. The highest BCUT2D eigenvalue weighted by molar-refractivity contribution is 7.09. The fourth-order valence-corrected chi connectivity index (χ4v) is 3.87. The van der Waals surface area contributed by atoms with Crippen molar-refractivity contribution in [3.05, 3.63) is 22.4 Å². The molecule has 2 unspecified atom stereocenters. The van der Waals surface area contributed by atoms with Crippen LogP contribution in [0.2, 0.25) is 0 Å². The maximum atomic E-state index is 11.9. The number of hydrogen-bond donors (Lipinski definition) is 2. The van der Waals surface area contributed by atoms with Gasteiger partial charge in [0.15, 0.2) is 0 Å². The number of carbonyl (C=O) groups is 1. The summed E-state index contributed by atoms with van der Waals surface area (Å²) in [7, 11) is 0. The third-order valence-electron chi connectivity index (χ3n) is 3.85. The van der Waals surface area contributed by atoms with E-state index >= 15 is 0 Å². The van der Waals surface area contributed by atoms with Gasteiger partial charge in [0.1, 0.15) is 0 Å². The van der Waals surface area contributed by atoms with Gasteiger partial charge in [-0.3, -0.25) is 10.1 Å². The largest absolute Gasteiger partial charge is 0.368 e. The smallest absolute Gasteiger partial charge is 0.237 e. The average molecular weight is 266 g/mol. The van der Waals surface area contributed by atoms with E-state index in [2.05, 4.69) is 30.6 Å². The molecular weight excluding hydrogens is 244 g/mol. The Kier molecular flexibility index (Phi) is 4.07. The monoisotopic (exact) mass is 266 g/mol. The molecule has 2 rings (SSSR count). The minimum absolute atomic E-state index is 0.197. The van der Waals surface area contributed by atoms with E-state index in [9.17, 15) is 4.79 Å². The van der Waals surface area contributed by atoms with Crippen LogP contribution in [0, 0.1) is 11.8 Å². The molecule has 3 N–H and O–H groups in total. The van der Waals surface area contributed by atoms with Crippen LogP contribution in [0.3, 0.4) is 0 Å². The van der Waals surface area contributed by atoms with Gasteiger partial charge in [-0.2, -0.15) is 0 Å². The number of amides is 1. The van der Waals surface area contributed by atoms with Gasteiger partial charge in [0.05, 0.1) is 5.54 Å². The number of primary amides is 1. The molecule has 0 radical (unpaired) electrons. The van der Waals surface area contributed by atoms with Crippen molar-refractivity contribution in [1.29, 1.82) is 0 Å². The quantitative estimate of drug-likeness (QED) is 0.880. The molecule has 3 nitrogen and oxygen atoms in total. The predicted molar refractivity (Wildman–Crippen MR) is 75.3 cm³/mol. The molecule has 0 spiro atoms. The lowest BCUT2D eigenvalue weighted by Gasteiger charge is -2.41. The molecule has 1 aliphatic carbocycles. The maximum absolute atomic E-state index is 11.9. The third kappa shape index (κ3) is 2.93. The first-order valence-electron chi connectivity index (χ1n) is 6.59. The first kappa shape index (κ1) is 13.6. The summed E-state index contributed by atoms with van der Waals surface area (Å²) in [6.07, 6.45) is 2.91. The van der Waals surface area contributed by atoms with Gasteiger partial charge in [-0.15, -0.1) is 11.3 Å². The normalized spacial score (nSPS) is 32.3. The second-order valence-corrected chi connectivity index (χ2v) is 6.77. The Labute approximate surface area is 113 Å². The van der Waals surface area contributed by atoms with E-state index in [1.54, 1.807) is 11.3 Å². The van der Waals surface area contributed by atoms with Crippen LogP contribution >= 0.6 is 11.3 Å². The maximum Gasteiger partial charge on any atom is 0.237 e. The van der Waals surface area contributed by atoms with Crippen molar-refractivity contribution in [3.8, 4) is 0 Å². The van der Waals surface area contributed by atoms with Crippen molar-refractivity contribution in [1.82, 2.24) is 5.32 Å². The zero-order valence-corrected chi connectivity index (χ0v) is 11.9. The first-order valence-corrected chi connectivity index (χ1v) is 7.47. The fraction of sp³-hybridized carbons (Fsp3) is 0.643. The van der Waals surface area contributed by atoms with E-state index in [-0.39, 0.29) is 5.91 Å². The molecule has 1 aromatic heterocycles. The highest BCUT2D eigenvalue weighted by Gasteiger charge is 2.42. The minimum Gasteiger partial charge on any atom is -0.368 e. The zero-order chi connectivity index (χ0) is 13.2. The molecule has 2 atom stereocenters. The van der Waals surface area contributed by atoms with Crippen LogP contribution in [0.1, 0.15) is 38.0 Å². The molecule has 1 amide bonds. The summed E-state index contributed by atoms with van der Waals surface area (Å²) in [5.41, 5.74) is 5.16. The average Bonchev–Trinajstić information content (AvgIpc) is 2.77. The van der Waals surface area contributed by atoms with Crippen molar-refractivity contribution >= 4 is 17.2 Å². The van der Waals surface area contributed by atoms with Gasteiger partial charge >= 0.3 is 0 Å². The van der Waals surface area contributed by atoms with Crippen molar-refractivity contribution in [2.75, 3.05) is 0 Å². The van der Waals surface area contributed by atoms with Gasteiger partial charge in [0.25, 0.3) is 0 Å². The summed E-state index contributed by atoms with van der Waals surface area (Å²) < 4.78 is 0. The lowest BCUT2D eigenvalue weighted by atomic mass is 9.71. The van der Waals surface area contributed by atoms with Crippen LogP contribution in [0.4, 0.5) is 0 Å². The van der Waals surface area contributed by atoms with Crippen LogP contribution in [-0.4, -0.2) is 11.4 Å². The Hall–Kier alpha value is -0.870. The molecule has 0 aliphatic heterocycles. The molecule has 1 heterocycles. The SMILES string of the molecule is CC1CC(C)CC(NCc2cccs2)(C(N)=O)C1. The van der Waals surface area contributed by atoms with E-state index in [1.807, 2.05) is 6.07 Å².